The third-order valence-corrected chi connectivity index (χ3v) is 7.06. The van der Waals surface area contributed by atoms with E-state index in [9.17, 15) is 9.59 Å². The van der Waals surface area contributed by atoms with Gasteiger partial charge in [-0.1, -0.05) is 0 Å². The molecule has 2 aromatic rings. The summed E-state index contributed by atoms with van der Waals surface area (Å²) in [6.07, 6.45) is 7.85. The van der Waals surface area contributed by atoms with Crippen LogP contribution < -0.4 is 21.3 Å². The summed E-state index contributed by atoms with van der Waals surface area (Å²) in [5, 5.41) is 16.1. The largest absolute Gasteiger partial charge is 0.353 e. The van der Waals surface area contributed by atoms with Crippen LogP contribution in [0.15, 0.2) is 11.9 Å². The summed E-state index contributed by atoms with van der Waals surface area (Å²) in [7, 11) is 2.18. The molecule has 6 rings (SSSR count). The Morgan fingerprint density at radius 1 is 1.15 bits per heavy atom. The Labute approximate surface area is 197 Å². The molecule has 0 unspecified atom stereocenters. The Morgan fingerprint density at radius 2 is 1.94 bits per heavy atom. The van der Waals surface area contributed by atoms with Crippen LogP contribution in [0.5, 0.6) is 0 Å². The smallest absolute Gasteiger partial charge is 0.326 e. The number of likely N-dealkylation sites (N-methyl/N-ethyl adjacent to an activating group) is 1. The second-order valence-corrected chi connectivity index (χ2v) is 10.0. The molecule has 2 saturated heterocycles. The van der Waals surface area contributed by atoms with Crippen molar-refractivity contribution in [3.8, 4) is 0 Å². The maximum Gasteiger partial charge on any atom is 0.326 e. The Morgan fingerprint density at radius 3 is 2.62 bits per heavy atom. The number of hydrogen-bond acceptors (Lipinski definition) is 9. The standard InChI is InChI=1S/C22H30N10O2/c1-30-6-8-31(9-7-30)13-22(4-5-22)12-23-19-27-17-14(10-16-18(33)28-21(34)26-16)11-24-32(17)20(29-19)25-15-2-3-15/h10-11,15H,2-9,12-13H2,1H3,(H2,23,25,27,29)(H2,26,28,33,34)/b16-10-. The monoisotopic (exact) mass is 466 g/mol. The quantitative estimate of drug-likeness (QED) is 0.321. The van der Waals surface area contributed by atoms with Crippen molar-refractivity contribution in [2.24, 2.45) is 5.41 Å². The predicted octanol–water partition coefficient (Wildman–Crippen LogP) is 0.318. The molecule has 180 valence electrons. The van der Waals surface area contributed by atoms with Gasteiger partial charge in [0.1, 0.15) is 5.70 Å². The molecule has 4 fully saturated rings. The summed E-state index contributed by atoms with van der Waals surface area (Å²) < 4.78 is 1.65. The second-order valence-electron chi connectivity index (χ2n) is 10.0. The normalized spacial score (nSPS) is 23.9. The van der Waals surface area contributed by atoms with Crippen LogP contribution in [0.3, 0.4) is 0 Å². The van der Waals surface area contributed by atoms with Crippen molar-refractivity contribution in [1.82, 2.24) is 40.0 Å². The molecule has 2 saturated carbocycles. The van der Waals surface area contributed by atoms with Crippen molar-refractivity contribution >= 4 is 35.6 Å². The van der Waals surface area contributed by atoms with Crippen molar-refractivity contribution in [1.29, 1.82) is 0 Å². The zero-order chi connectivity index (χ0) is 23.3. The minimum Gasteiger partial charge on any atom is -0.353 e. The molecule has 34 heavy (non-hydrogen) atoms. The first kappa shape index (κ1) is 21.3. The van der Waals surface area contributed by atoms with Gasteiger partial charge in [-0.15, -0.1) is 0 Å². The zero-order valence-corrected chi connectivity index (χ0v) is 19.3. The van der Waals surface area contributed by atoms with Crippen molar-refractivity contribution in [2.75, 3.05) is 56.9 Å². The van der Waals surface area contributed by atoms with Gasteiger partial charge in [0.2, 0.25) is 11.9 Å². The highest BCUT2D eigenvalue weighted by Crippen LogP contribution is 2.46. The van der Waals surface area contributed by atoms with E-state index in [1.54, 1.807) is 16.8 Å². The highest BCUT2D eigenvalue weighted by Gasteiger charge is 2.44. The summed E-state index contributed by atoms with van der Waals surface area (Å²) in [5.41, 5.74) is 1.65. The molecule has 4 heterocycles. The van der Waals surface area contributed by atoms with Gasteiger partial charge in [-0.3, -0.25) is 10.1 Å². The summed E-state index contributed by atoms with van der Waals surface area (Å²) in [6, 6.07) is -0.139. The van der Waals surface area contributed by atoms with Gasteiger partial charge in [0.25, 0.3) is 5.91 Å². The van der Waals surface area contributed by atoms with E-state index in [1.165, 1.54) is 12.8 Å². The van der Waals surface area contributed by atoms with Crippen LogP contribution in [0.2, 0.25) is 0 Å². The lowest BCUT2D eigenvalue weighted by molar-refractivity contribution is -0.115. The fourth-order valence-corrected chi connectivity index (χ4v) is 4.53. The van der Waals surface area contributed by atoms with Gasteiger partial charge in [-0.25, -0.2) is 4.79 Å². The van der Waals surface area contributed by atoms with Gasteiger partial charge in [0.05, 0.1) is 6.20 Å². The maximum absolute atomic E-state index is 12.0. The first-order valence-corrected chi connectivity index (χ1v) is 12.0. The van der Waals surface area contributed by atoms with E-state index >= 15 is 0 Å². The molecular weight excluding hydrogens is 436 g/mol. The Balaban J connectivity index is 1.23. The maximum atomic E-state index is 12.0. The number of aromatic nitrogens is 4. The molecule has 2 aromatic heterocycles. The van der Waals surface area contributed by atoms with Gasteiger partial charge in [-0.05, 0) is 38.8 Å². The number of amides is 3. The van der Waals surface area contributed by atoms with E-state index in [4.69, 9.17) is 9.97 Å². The van der Waals surface area contributed by atoms with Crippen LogP contribution >= 0.6 is 0 Å². The molecular formula is C22H30N10O2. The Hall–Kier alpha value is -3.25. The molecule has 2 aliphatic carbocycles. The summed E-state index contributed by atoms with van der Waals surface area (Å²) in [4.78, 5) is 37.9. The molecule has 0 aromatic carbocycles. The number of urea groups is 1. The van der Waals surface area contributed by atoms with E-state index in [-0.39, 0.29) is 11.1 Å². The van der Waals surface area contributed by atoms with Crippen molar-refractivity contribution < 1.29 is 9.59 Å². The van der Waals surface area contributed by atoms with E-state index in [0.29, 0.717) is 29.1 Å². The zero-order valence-electron chi connectivity index (χ0n) is 19.3. The Bertz CT molecular complexity index is 1160. The minimum absolute atomic E-state index is 0.175. The number of piperazine rings is 1. The number of imide groups is 1. The first-order valence-electron chi connectivity index (χ1n) is 12.0. The van der Waals surface area contributed by atoms with E-state index < -0.39 is 11.9 Å². The Kier molecular flexibility index (Phi) is 5.14. The van der Waals surface area contributed by atoms with Crippen LogP contribution in [0.1, 0.15) is 31.2 Å². The number of carbonyl (C=O) groups is 2. The summed E-state index contributed by atoms with van der Waals surface area (Å²) >= 11 is 0. The fourth-order valence-electron chi connectivity index (χ4n) is 4.53. The van der Waals surface area contributed by atoms with Gasteiger partial charge in [0, 0.05) is 56.3 Å². The molecule has 3 amide bonds. The number of nitrogens with one attached hydrogen (secondary N) is 4. The molecule has 0 bridgehead atoms. The minimum atomic E-state index is -0.532. The highest BCUT2D eigenvalue weighted by molar-refractivity contribution is 6.14. The number of anilines is 2. The fraction of sp³-hybridized carbons (Fsp3) is 0.591. The van der Waals surface area contributed by atoms with Crippen LogP contribution in [0, 0.1) is 5.41 Å². The van der Waals surface area contributed by atoms with Crippen LogP contribution in [0.25, 0.3) is 11.7 Å². The summed E-state index contributed by atoms with van der Waals surface area (Å²) in [5.74, 6) is 0.705. The van der Waals surface area contributed by atoms with Crippen molar-refractivity contribution in [2.45, 2.75) is 31.7 Å². The third-order valence-electron chi connectivity index (χ3n) is 7.06. The first-order chi connectivity index (χ1) is 16.5. The van der Waals surface area contributed by atoms with Crippen LogP contribution in [-0.2, 0) is 4.79 Å². The van der Waals surface area contributed by atoms with Gasteiger partial charge in [-0.2, -0.15) is 19.6 Å². The lowest BCUT2D eigenvalue weighted by Crippen LogP contribution is -2.47. The van der Waals surface area contributed by atoms with E-state index in [2.05, 4.69) is 43.2 Å². The summed E-state index contributed by atoms with van der Waals surface area (Å²) in [6.45, 7) is 6.40. The van der Waals surface area contributed by atoms with Gasteiger partial charge >= 0.3 is 6.03 Å². The molecule has 0 spiro atoms. The third kappa shape index (κ3) is 4.42. The molecule has 2 aliphatic heterocycles. The topological polar surface area (TPSA) is 132 Å². The number of carbonyl (C=O) groups excluding carboxylic acids is 2. The number of hydrogen-bond donors (Lipinski definition) is 4. The average Bonchev–Trinajstić information content (AvgIpc) is 3.72. The highest BCUT2D eigenvalue weighted by atomic mass is 16.2. The van der Waals surface area contributed by atoms with Crippen LogP contribution in [-0.4, -0.2) is 93.7 Å². The van der Waals surface area contributed by atoms with Gasteiger partial charge in [0.15, 0.2) is 5.65 Å². The molecule has 4 N–H and O–H groups in total. The molecule has 4 aliphatic rings. The van der Waals surface area contributed by atoms with Crippen molar-refractivity contribution in [3.63, 3.8) is 0 Å². The average molecular weight is 467 g/mol. The molecule has 12 nitrogen and oxygen atoms in total. The lowest BCUT2D eigenvalue weighted by Gasteiger charge is -2.34. The molecule has 12 heteroatoms. The van der Waals surface area contributed by atoms with Crippen LogP contribution in [0.4, 0.5) is 16.7 Å². The molecule has 0 radical (unpaired) electrons. The predicted molar refractivity (Wildman–Crippen MR) is 126 cm³/mol. The second kappa shape index (κ2) is 8.20. The number of fused-ring (bicyclic) bond motifs is 1. The SMILES string of the molecule is CN1CCN(CC2(CNc3nc(NC4CC4)n4ncc(/C=C5\NC(=O)NC5=O)c4n3)CC2)CC1. The number of nitrogens with zero attached hydrogens (tertiary/aromatic N) is 6. The van der Waals surface area contributed by atoms with E-state index in [0.717, 1.165) is 52.1 Å². The number of rotatable bonds is 8. The van der Waals surface area contributed by atoms with E-state index in [1.807, 2.05) is 0 Å². The molecule has 0 atom stereocenters. The van der Waals surface area contributed by atoms with Crippen molar-refractivity contribution in [3.05, 3.63) is 17.5 Å². The van der Waals surface area contributed by atoms with Gasteiger partial charge < -0.3 is 25.8 Å². The lowest BCUT2D eigenvalue weighted by atomic mass is 10.1.